The van der Waals surface area contributed by atoms with E-state index in [1.54, 1.807) is 40.3 Å². The molecule has 2 bridgehead atoms. The van der Waals surface area contributed by atoms with Gasteiger partial charge in [-0.3, -0.25) is 9.36 Å². The molecule has 2 atom stereocenters. The van der Waals surface area contributed by atoms with Gasteiger partial charge in [-0.1, -0.05) is 17.7 Å². The molecule has 4 aromatic heterocycles. The Morgan fingerprint density at radius 2 is 1.90 bits per heavy atom. The van der Waals surface area contributed by atoms with Crippen LogP contribution in [0.3, 0.4) is 0 Å². The summed E-state index contributed by atoms with van der Waals surface area (Å²) in [6.07, 6.45) is 16.2. The van der Waals surface area contributed by atoms with E-state index in [-0.39, 0.29) is 12.1 Å². The van der Waals surface area contributed by atoms with Crippen molar-refractivity contribution in [3.63, 3.8) is 0 Å². The summed E-state index contributed by atoms with van der Waals surface area (Å²) in [5.41, 5.74) is 3.33. The lowest BCUT2D eigenvalue weighted by Gasteiger charge is -2.38. The number of tetrazole rings is 1. The molecule has 3 aliphatic rings. The predicted molar refractivity (Wildman–Crippen MR) is 179 cm³/mol. The Labute approximate surface area is 287 Å². The van der Waals surface area contributed by atoms with Crippen molar-refractivity contribution >= 4 is 23.2 Å². The number of fused-ring (bicyclic) bond motifs is 2. The summed E-state index contributed by atoms with van der Waals surface area (Å²) in [6, 6.07) is 8.85. The van der Waals surface area contributed by atoms with Crippen LogP contribution in [0.5, 0.6) is 11.6 Å². The van der Waals surface area contributed by atoms with Gasteiger partial charge in [0.25, 0.3) is 5.88 Å². The second-order valence-electron chi connectivity index (χ2n) is 12.8. The molecule has 1 aromatic carbocycles. The van der Waals surface area contributed by atoms with Gasteiger partial charge in [-0.05, 0) is 66.8 Å². The van der Waals surface area contributed by atoms with Gasteiger partial charge in [-0.25, -0.2) is 14.6 Å². The van der Waals surface area contributed by atoms with Crippen molar-refractivity contribution < 1.29 is 14.2 Å². The first kappa shape index (κ1) is 31.1. The highest BCUT2D eigenvalue weighted by molar-refractivity contribution is 6.32. The Kier molecular flexibility index (Phi) is 8.49. The Hall–Kier alpha value is -5.18. The minimum Gasteiger partial charge on any atom is -0.494 e. The summed E-state index contributed by atoms with van der Waals surface area (Å²) in [7, 11) is 1.89. The highest BCUT2D eigenvalue weighted by atomic mass is 35.5. The molecule has 1 N–H and O–H groups in total. The number of rotatable bonds is 12. The lowest BCUT2D eigenvalue weighted by atomic mass is 9.90. The fourth-order valence-electron chi connectivity index (χ4n) is 6.79. The molecule has 1 saturated carbocycles. The molecule has 254 valence electrons. The van der Waals surface area contributed by atoms with Crippen LogP contribution in [0.25, 0.3) is 11.1 Å². The van der Waals surface area contributed by atoms with E-state index >= 15 is 0 Å². The van der Waals surface area contributed by atoms with Crippen LogP contribution in [0.2, 0.25) is 5.02 Å². The van der Waals surface area contributed by atoms with Gasteiger partial charge in [0.05, 0.1) is 35.5 Å². The van der Waals surface area contributed by atoms with Gasteiger partial charge >= 0.3 is 0 Å². The number of hydrogen-bond acceptors (Lipinski definition) is 12. The zero-order chi connectivity index (χ0) is 33.3. The van der Waals surface area contributed by atoms with E-state index in [2.05, 4.69) is 47.0 Å². The molecule has 2 aliphatic heterocycles. The molecule has 0 radical (unpaired) electrons. The molecule has 8 rings (SSSR count). The van der Waals surface area contributed by atoms with Crippen LogP contribution in [0.1, 0.15) is 50.8 Å². The maximum absolute atomic E-state index is 6.47. The SMILES string of the molecule is C[C@@H](Cn1cnnn1)Oc1cc(-c2cnc(Nc3cn([C@H]4CC[C@H](N5C=C6C[C@@H]5CO6)CC4)nc3OCc3ccnn3C)nc2)ccc1Cl. The van der Waals surface area contributed by atoms with Crippen LogP contribution in [0.4, 0.5) is 11.6 Å². The second-order valence-corrected chi connectivity index (χ2v) is 13.2. The molecule has 15 nitrogen and oxygen atoms in total. The average Bonchev–Trinajstić information content (AvgIpc) is 3.97. The molecular weight excluding hydrogens is 648 g/mol. The van der Waals surface area contributed by atoms with E-state index in [4.69, 9.17) is 30.9 Å². The summed E-state index contributed by atoms with van der Waals surface area (Å²) >= 11 is 6.47. The molecule has 16 heteroatoms. The van der Waals surface area contributed by atoms with E-state index in [0.29, 0.717) is 53.5 Å². The summed E-state index contributed by atoms with van der Waals surface area (Å²) in [5, 5.41) is 24.3. The van der Waals surface area contributed by atoms with Crippen molar-refractivity contribution in [3.8, 4) is 22.8 Å². The van der Waals surface area contributed by atoms with Crippen molar-refractivity contribution in [2.24, 2.45) is 7.05 Å². The molecule has 0 unspecified atom stereocenters. The highest BCUT2D eigenvalue weighted by Gasteiger charge is 2.38. The Bertz CT molecular complexity index is 1920. The number of anilines is 2. The molecule has 0 spiro atoms. The minimum atomic E-state index is -0.211. The number of aromatic nitrogens is 10. The second kappa shape index (κ2) is 13.4. The van der Waals surface area contributed by atoms with Gasteiger partial charge in [-0.15, -0.1) is 10.2 Å². The molecule has 6 heterocycles. The molecule has 49 heavy (non-hydrogen) atoms. The highest BCUT2D eigenvalue weighted by Crippen LogP contribution is 2.39. The zero-order valence-electron chi connectivity index (χ0n) is 27.3. The summed E-state index contributed by atoms with van der Waals surface area (Å²) in [6.45, 7) is 3.56. The van der Waals surface area contributed by atoms with Gasteiger partial charge in [0.15, 0.2) is 0 Å². The van der Waals surface area contributed by atoms with Gasteiger partial charge in [0.1, 0.15) is 42.8 Å². The van der Waals surface area contributed by atoms with E-state index < -0.39 is 0 Å². The number of aryl methyl sites for hydroxylation is 1. The third-order valence-corrected chi connectivity index (χ3v) is 9.69. The zero-order valence-corrected chi connectivity index (χ0v) is 28.0. The van der Waals surface area contributed by atoms with Gasteiger partial charge in [0, 0.05) is 49.9 Å². The lowest BCUT2D eigenvalue weighted by Crippen LogP contribution is -2.41. The van der Waals surface area contributed by atoms with Crippen molar-refractivity contribution in [1.29, 1.82) is 0 Å². The van der Waals surface area contributed by atoms with Crippen LogP contribution in [-0.2, 0) is 24.9 Å². The summed E-state index contributed by atoms with van der Waals surface area (Å²) < 4.78 is 23.5. The molecule has 1 saturated heterocycles. The normalized spacial score (nSPS) is 20.6. The standard InChI is InChI=1S/C33H37ClN12O3/c1-21(15-44-20-37-41-42-44)49-31-11-22(3-8-29(31)34)23-13-35-33(36-14-23)39-30-17-46(40-32(30)48-18-26-9-10-38-43(26)2)25-6-4-24(5-7-25)45-16-28-12-27(45)19-47-28/h3,8-11,13-14,16-17,20-21,24-25,27H,4-7,12,15,18-19H2,1-2H3,(H,35,36,39)/t21-,24-,25-,27+/m0/s1. The van der Waals surface area contributed by atoms with E-state index in [1.807, 2.05) is 43.0 Å². The predicted octanol–water partition coefficient (Wildman–Crippen LogP) is 4.93. The molecule has 5 aromatic rings. The van der Waals surface area contributed by atoms with Gasteiger partial charge in [0.2, 0.25) is 5.95 Å². The monoisotopic (exact) mass is 684 g/mol. The number of hydrogen-bond donors (Lipinski definition) is 1. The molecular formula is C33H37ClN12O3. The fourth-order valence-corrected chi connectivity index (χ4v) is 6.95. The lowest BCUT2D eigenvalue weighted by molar-refractivity contribution is 0.106. The fraction of sp³-hybridized carbons (Fsp3) is 0.424. The minimum absolute atomic E-state index is 0.211. The van der Waals surface area contributed by atoms with E-state index in [1.165, 1.54) is 0 Å². The van der Waals surface area contributed by atoms with E-state index in [9.17, 15) is 0 Å². The van der Waals surface area contributed by atoms with Crippen LogP contribution >= 0.6 is 11.6 Å². The smallest absolute Gasteiger partial charge is 0.257 e. The average molecular weight is 685 g/mol. The molecule has 0 amide bonds. The third-order valence-electron chi connectivity index (χ3n) is 9.38. The Balaban J connectivity index is 0.962. The number of nitrogens with one attached hydrogen (secondary N) is 1. The number of ether oxygens (including phenoxy) is 3. The Morgan fingerprint density at radius 1 is 1.06 bits per heavy atom. The first-order valence-electron chi connectivity index (χ1n) is 16.5. The van der Waals surface area contributed by atoms with Gasteiger partial charge in [-0.2, -0.15) is 5.10 Å². The first-order chi connectivity index (χ1) is 23.9. The number of nitrogens with zero attached hydrogens (tertiary/aromatic N) is 11. The van der Waals surface area contributed by atoms with E-state index in [0.717, 1.165) is 61.3 Å². The topological polar surface area (TPSA) is 148 Å². The summed E-state index contributed by atoms with van der Waals surface area (Å²) in [5.74, 6) is 2.61. The van der Waals surface area contributed by atoms with Crippen molar-refractivity contribution in [2.75, 3.05) is 11.9 Å². The quantitative estimate of drug-likeness (QED) is 0.190. The number of halogens is 1. The number of benzene rings is 1. The van der Waals surface area contributed by atoms with Crippen molar-refractivity contribution in [1.82, 2.24) is 54.6 Å². The summed E-state index contributed by atoms with van der Waals surface area (Å²) in [4.78, 5) is 11.8. The maximum atomic E-state index is 6.47. The van der Waals surface area contributed by atoms with Crippen LogP contribution in [0.15, 0.2) is 67.3 Å². The van der Waals surface area contributed by atoms with Crippen LogP contribution in [-0.4, -0.2) is 79.4 Å². The van der Waals surface area contributed by atoms with Crippen LogP contribution < -0.4 is 14.8 Å². The Morgan fingerprint density at radius 3 is 2.61 bits per heavy atom. The third kappa shape index (κ3) is 6.75. The van der Waals surface area contributed by atoms with Crippen molar-refractivity contribution in [2.45, 2.75) is 76.4 Å². The molecule has 2 fully saturated rings. The largest absolute Gasteiger partial charge is 0.494 e. The molecule has 1 aliphatic carbocycles. The van der Waals surface area contributed by atoms with Crippen molar-refractivity contribution in [3.05, 3.63) is 78.1 Å². The first-order valence-corrected chi connectivity index (χ1v) is 16.9. The van der Waals surface area contributed by atoms with Gasteiger partial charge < -0.3 is 24.4 Å². The maximum Gasteiger partial charge on any atom is 0.257 e. The van der Waals surface area contributed by atoms with Crippen LogP contribution in [0, 0.1) is 0 Å².